The minimum Gasteiger partial charge on any atom is -0.449 e. The molecule has 0 spiro atoms. The van der Waals surface area contributed by atoms with Gasteiger partial charge in [0.15, 0.2) is 6.10 Å². The van der Waals surface area contributed by atoms with Crippen LogP contribution in [0.15, 0.2) is 47.4 Å². The van der Waals surface area contributed by atoms with Crippen LogP contribution in [0.1, 0.15) is 22.8 Å². The van der Waals surface area contributed by atoms with Crippen LogP contribution in [0.3, 0.4) is 0 Å². The number of halogens is 1. The molecule has 9 heteroatoms. The highest BCUT2D eigenvalue weighted by Crippen LogP contribution is 2.22. The summed E-state index contributed by atoms with van der Waals surface area (Å²) in [5.74, 6) is -1.40. The minimum absolute atomic E-state index is 0.0894. The van der Waals surface area contributed by atoms with Crippen LogP contribution in [0.5, 0.6) is 0 Å². The smallest absolute Gasteiger partial charge is 0.338 e. The Kier molecular flexibility index (Phi) is 6.01. The number of hydrogen-bond acceptors (Lipinski definition) is 5. The summed E-state index contributed by atoms with van der Waals surface area (Å²) in [6.45, 7) is 3.32. The van der Waals surface area contributed by atoms with E-state index in [4.69, 9.17) is 21.5 Å². The van der Waals surface area contributed by atoms with Crippen molar-refractivity contribution in [1.29, 1.82) is 0 Å². The largest absolute Gasteiger partial charge is 0.449 e. The Hall–Kier alpha value is -2.42. The number of aryl methyl sites for hydroxylation is 1. The molecule has 7 nitrogen and oxygen atoms in total. The van der Waals surface area contributed by atoms with Gasteiger partial charge < -0.3 is 10.1 Å². The Bertz CT molecular complexity index is 942. The number of hydrogen-bond donors (Lipinski definition) is 2. The summed E-state index contributed by atoms with van der Waals surface area (Å²) in [7, 11) is -4.10. The van der Waals surface area contributed by atoms with E-state index in [9.17, 15) is 18.0 Å². The van der Waals surface area contributed by atoms with E-state index in [1.807, 2.05) is 19.1 Å². The molecule has 2 aromatic rings. The molecule has 2 rings (SSSR count). The van der Waals surface area contributed by atoms with Crippen molar-refractivity contribution in [1.82, 2.24) is 0 Å². The van der Waals surface area contributed by atoms with Crippen molar-refractivity contribution >= 4 is 39.2 Å². The number of esters is 1. The molecule has 0 aliphatic heterocycles. The number of carbonyl (C=O) groups is 2. The van der Waals surface area contributed by atoms with Gasteiger partial charge in [-0.1, -0.05) is 29.3 Å². The second kappa shape index (κ2) is 7.86. The van der Waals surface area contributed by atoms with Gasteiger partial charge in [0.25, 0.3) is 5.91 Å². The van der Waals surface area contributed by atoms with E-state index in [1.54, 1.807) is 12.1 Å². The molecule has 1 amide bonds. The third-order valence-corrected chi connectivity index (χ3v) is 4.84. The molecule has 138 valence electrons. The van der Waals surface area contributed by atoms with Crippen LogP contribution in [0, 0.1) is 6.92 Å². The molecule has 0 saturated heterocycles. The summed E-state index contributed by atoms with van der Waals surface area (Å²) in [5, 5.41) is 7.55. The second-order valence-electron chi connectivity index (χ2n) is 5.59. The minimum atomic E-state index is -4.10. The quantitative estimate of drug-likeness (QED) is 0.753. The number of anilines is 1. The van der Waals surface area contributed by atoms with E-state index >= 15 is 0 Å². The monoisotopic (exact) mass is 396 g/mol. The zero-order chi connectivity index (χ0) is 19.5. The fourth-order valence-corrected chi connectivity index (χ4v) is 3.08. The molecule has 0 radical (unpaired) electrons. The lowest BCUT2D eigenvalue weighted by molar-refractivity contribution is -0.123. The summed E-state index contributed by atoms with van der Waals surface area (Å²) in [5.41, 5.74) is 1.51. The van der Waals surface area contributed by atoms with Crippen LogP contribution in [-0.4, -0.2) is 26.4 Å². The number of sulfonamides is 1. The molecule has 3 N–H and O–H groups in total. The second-order valence-corrected chi connectivity index (χ2v) is 7.53. The van der Waals surface area contributed by atoms with Crippen molar-refractivity contribution in [2.75, 3.05) is 5.32 Å². The molecule has 0 heterocycles. The van der Waals surface area contributed by atoms with E-state index in [1.165, 1.54) is 19.1 Å². The van der Waals surface area contributed by atoms with Gasteiger partial charge in [-0.15, -0.1) is 0 Å². The lowest BCUT2D eigenvalue weighted by Gasteiger charge is -2.14. The van der Waals surface area contributed by atoms with E-state index in [0.29, 0.717) is 5.69 Å². The van der Waals surface area contributed by atoms with Crippen LogP contribution in [0.4, 0.5) is 5.69 Å². The van der Waals surface area contributed by atoms with Gasteiger partial charge in [-0.2, -0.15) is 0 Å². The SMILES string of the molecule is Cc1ccc(NC(=O)[C@H](C)OC(=O)c2ccc(Cl)c(S(N)(=O)=O)c2)cc1. The highest BCUT2D eigenvalue weighted by Gasteiger charge is 2.21. The van der Waals surface area contributed by atoms with Gasteiger partial charge >= 0.3 is 5.97 Å². The Morgan fingerprint density at radius 3 is 2.35 bits per heavy atom. The normalized spacial score (nSPS) is 12.3. The van der Waals surface area contributed by atoms with Gasteiger partial charge in [0.2, 0.25) is 10.0 Å². The molecule has 0 bridgehead atoms. The summed E-state index contributed by atoms with van der Waals surface area (Å²) >= 11 is 5.77. The van der Waals surface area contributed by atoms with Crippen molar-refractivity contribution in [2.24, 2.45) is 5.14 Å². The lowest BCUT2D eigenvalue weighted by atomic mass is 10.2. The fraction of sp³-hybridized carbons (Fsp3) is 0.176. The first kappa shape index (κ1) is 19.9. The molecule has 2 aromatic carbocycles. The Morgan fingerprint density at radius 2 is 1.77 bits per heavy atom. The van der Waals surface area contributed by atoms with Crippen molar-refractivity contribution in [3.05, 3.63) is 58.6 Å². The summed E-state index contributed by atoms with van der Waals surface area (Å²) in [6, 6.07) is 10.6. The molecule has 0 aliphatic carbocycles. The van der Waals surface area contributed by atoms with Gasteiger partial charge in [-0.05, 0) is 44.2 Å². The molecule has 0 unspecified atom stereocenters. The van der Waals surface area contributed by atoms with E-state index < -0.39 is 32.9 Å². The number of benzene rings is 2. The average Bonchev–Trinajstić information content (AvgIpc) is 2.56. The molecular weight excluding hydrogens is 380 g/mol. The van der Waals surface area contributed by atoms with Gasteiger partial charge in [0.1, 0.15) is 4.90 Å². The fourth-order valence-electron chi connectivity index (χ4n) is 2.01. The maximum absolute atomic E-state index is 12.2. The van der Waals surface area contributed by atoms with E-state index in [0.717, 1.165) is 11.6 Å². The first-order valence-electron chi connectivity index (χ1n) is 7.49. The molecule has 0 aliphatic rings. The highest BCUT2D eigenvalue weighted by molar-refractivity contribution is 7.89. The van der Waals surface area contributed by atoms with Gasteiger partial charge in [0.05, 0.1) is 10.6 Å². The average molecular weight is 397 g/mol. The number of nitrogens with two attached hydrogens (primary N) is 1. The molecule has 0 saturated carbocycles. The topological polar surface area (TPSA) is 116 Å². The van der Waals surface area contributed by atoms with Crippen LogP contribution in [0.25, 0.3) is 0 Å². The highest BCUT2D eigenvalue weighted by atomic mass is 35.5. The molecule has 1 atom stereocenters. The number of carbonyl (C=O) groups excluding carboxylic acids is 2. The number of rotatable bonds is 5. The third-order valence-electron chi connectivity index (χ3n) is 3.45. The van der Waals surface area contributed by atoms with E-state index in [2.05, 4.69) is 5.32 Å². The van der Waals surface area contributed by atoms with Crippen LogP contribution in [0.2, 0.25) is 5.02 Å². The number of ether oxygens (including phenoxy) is 1. The van der Waals surface area contributed by atoms with Crippen molar-refractivity contribution in [3.8, 4) is 0 Å². The van der Waals surface area contributed by atoms with Crippen molar-refractivity contribution < 1.29 is 22.7 Å². The van der Waals surface area contributed by atoms with Gasteiger partial charge in [-0.3, -0.25) is 4.79 Å². The van der Waals surface area contributed by atoms with Gasteiger partial charge in [0, 0.05) is 5.69 Å². The summed E-state index contributed by atoms with van der Waals surface area (Å²) in [4.78, 5) is 23.9. The van der Waals surface area contributed by atoms with E-state index in [-0.39, 0.29) is 10.6 Å². The number of primary sulfonamides is 1. The predicted molar refractivity (Wildman–Crippen MR) is 97.5 cm³/mol. The molecule has 26 heavy (non-hydrogen) atoms. The Labute approximate surface area is 156 Å². The third kappa shape index (κ3) is 5.04. The van der Waals surface area contributed by atoms with Gasteiger partial charge in [-0.25, -0.2) is 18.4 Å². The zero-order valence-corrected chi connectivity index (χ0v) is 15.6. The van der Waals surface area contributed by atoms with Crippen LogP contribution >= 0.6 is 11.6 Å². The number of nitrogens with one attached hydrogen (secondary N) is 1. The van der Waals surface area contributed by atoms with Crippen LogP contribution < -0.4 is 10.5 Å². The standard InChI is InChI=1S/C17H17ClN2O5S/c1-10-3-6-13(7-4-10)20-16(21)11(2)25-17(22)12-5-8-14(18)15(9-12)26(19,23)24/h3-9,11H,1-2H3,(H,20,21)(H2,19,23,24)/t11-/m0/s1. The Morgan fingerprint density at radius 1 is 1.15 bits per heavy atom. The Balaban J connectivity index is 2.09. The zero-order valence-electron chi connectivity index (χ0n) is 14.0. The van der Waals surface area contributed by atoms with Crippen molar-refractivity contribution in [2.45, 2.75) is 24.8 Å². The molecule has 0 fully saturated rings. The molecular formula is C17H17ClN2O5S. The summed E-state index contributed by atoms with van der Waals surface area (Å²) < 4.78 is 28.0. The maximum atomic E-state index is 12.2. The summed E-state index contributed by atoms with van der Waals surface area (Å²) in [6.07, 6.45) is -1.10. The van der Waals surface area contributed by atoms with Crippen molar-refractivity contribution in [3.63, 3.8) is 0 Å². The lowest BCUT2D eigenvalue weighted by Crippen LogP contribution is -2.30. The first-order chi connectivity index (χ1) is 12.1. The number of amides is 1. The first-order valence-corrected chi connectivity index (χ1v) is 9.41. The predicted octanol–water partition coefficient (Wildman–Crippen LogP) is 2.48. The maximum Gasteiger partial charge on any atom is 0.338 e. The molecule has 0 aromatic heterocycles. The van der Waals surface area contributed by atoms with Crippen LogP contribution in [-0.2, 0) is 19.6 Å².